The summed E-state index contributed by atoms with van der Waals surface area (Å²) in [6.45, 7) is -0.120. The molecule has 0 aliphatic rings. The van der Waals surface area contributed by atoms with Crippen molar-refractivity contribution in [2.45, 2.75) is 19.0 Å². The van der Waals surface area contributed by atoms with Crippen molar-refractivity contribution in [2.75, 3.05) is 0 Å². The minimum Gasteiger partial charge on any atom is -0.508 e. The molecule has 7 nitrogen and oxygen atoms in total. The van der Waals surface area contributed by atoms with Gasteiger partial charge in [-0.25, -0.2) is 13.2 Å². The molecule has 0 aliphatic heterocycles. The van der Waals surface area contributed by atoms with Crippen molar-refractivity contribution in [3.05, 3.63) is 119 Å². The largest absolute Gasteiger partial charge is 0.508 e. The maximum atomic E-state index is 14.2. The molecule has 5 rings (SSSR count). The molecule has 5 aromatic rings. The molecule has 0 saturated carbocycles. The Morgan fingerprint density at radius 2 is 1.75 bits per heavy atom. The summed E-state index contributed by atoms with van der Waals surface area (Å²) in [5, 5.41) is 13.6. The number of phenolic OH excluding ortho intramolecular Hbond substituents is 1. The molecule has 2 heterocycles. The standard InChI is InChI=1S/C30H23F3N4O3/c31-20-10-17(11-21(32)14-20)12-26(36-28(39)16-37-9-7-18-3-5-22(38)15-27(18)37)29-23(2-1-8-35-29)19-4-6-25(33)24(13-19)30(34)40/h1-11,13-15,26,38H,12,16H2,(H2,34,40)(H,36,39)/t26-/m0/s1. The SMILES string of the molecule is NC(=O)c1cc(-c2cccnc2[C@H](Cc2cc(F)cc(F)c2)NC(=O)Cn2ccc3ccc(O)cc32)ccc1F. The Hall–Kier alpha value is -5.12. The lowest BCUT2D eigenvalue weighted by Crippen LogP contribution is -2.33. The molecule has 0 bridgehead atoms. The molecule has 2 aromatic heterocycles. The third kappa shape index (κ3) is 5.65. The first-order chi connectivity index (χ1) is 19.2. The van der Waals surface area contributed by atoms with Gasteiger partial charge in [-0.1, -0.05) is 12.1 Å². The van der Waals surface area contributed by atoms with E-state index in [2.05, 4.69) is 10.3 Å². The number of benzene rings is 3. The minimum absolute atomic E-state index is 0.0263. The van der Waals surface area contributed by atoms with Crippen molar-refractivity contribution in [3.63, 3.8) is 0 Å². The number of hydrogen-bond acceptors (Lipinski definition) is 4. The number of halogens is 3. The number of hydrogen-bond donors (Lipinski definition) is 3. The number of nitrogens with zero attached hydrogens (tertiary/aromatic N) is 2. The quantitative estimate of drug-likeness (QED) is 0.255. The first-order valence-corrected chi connectivity index (χ1v) is 12.2. The van der Waals surface area contributed by atoms with Crippen LogP contribution in [0, 0.1) is 17.5 Å². The molecule has 0 saturated heterocycles. The summed E-state index contributed by atoms with van der Waals surface area (Å²) in [6.07, 6.45) is 3.17. The van der Waals surface area contributed by atoms with Gasteiger partial charge in [0.1, 0.15) is 29.7 Å². The maximum Gasteiger partial charge on any atom is 0.251 e. The minimum atomic E-state index is -0.949. The zero-order valence-corrected chi connectivity index (χ0v) is 20.9. The number of fused-ring (bicyclic) bond motifs is 1. The van der Waals surface area contributed by atoms with Crippen molar-refractivity contribution >= 4 is 22.7 Å². The number of nitrogens with one attached hydrogen (secondary N) is 1. The molecule has 202 valence electrons. The van der Waals surface area contributed by atoms with Crippen LogP contribution in [0.15, 0.2) is 85.2 Å². The van der Waals surface area contributed by atoms with Crippen LogP contribution in [0.2, 0.25) is 0 Å². The molecule has 2 amide bonds. The van der Waals surface area contributed by atoms with E-state index in [1.54, 1.807) is 41.1 Å². The van der Waals surface area contributed by atoms with Gasteiger partial charge in [0.15, 0.2) is 0 Å². The van der Waals surface area contributed by atoms with Crippen LogP contribution < -0.4 is 11.1 Å². The normalized spacial score (nSPS) is 11.9. The second kappa shape index (κ2) is 10.9. The monoisotopic (exact) mass is 544 g/mol. The molecule has 0 radical (unpaired) electrons. The summed E-state index contributed by atoms with van der Waals surface area (Å²) in [5.41, 5.74) is 7.13. The Balaban J connectivity index is 1.53. The number of carbonyl (C=O) groups is 2. The summed E-state index contributed by atoms with van der Waals surface area (Å²) in [5.74, 6) is -3.67. The van der Waals surface area contributed by atoms with Crippen LogP contribution in [0.1, 0.15) is 27.7 Å². The predicted molar refractivity (Wildman–Crippen MR) is 143 cm³/mol. The fourth-order valence-corrected chi connectivity index (χ4v) is 4.71. The predicted octanol–water partition coefficient (Wildman–Crippen LogP) is 5.03. The van der Waals surface area contributed by atoms with Crippen molar-refractivity contribution in [1.29, 1.82) is 0 Å². The number of rotatable bonds is 8. The number of primary amides is 1. The molecular weight excluding hydrogens is 521 g/mol. The van der Waals surface area contributed by atoms with Gasteiger partial charge < -0.3 is 20.7 Å². The van der Waals surface area contributed by atoms with E-state index >= 15 is 0 Å². The van der Waals surface area contributed by atoms with Crippen molar-refractivity contribution in [3.8, 4) is 16.9 Å². The molecular formula is C30H23F3N4O3. The van der Waals surface area contributed by atoms with E-state index in [0.29, 0.717) is 22.3 Å². The third-order valence-corrected chi connectivity index (χ3v) is 6.48. The first kappa shape index (κ1) is 26.5. The maximum absolute atomic E-state index is 14.2. The number of pyridine rings is 1. The average Bonchev–Trinajstić information content (AvgIpc) is 3.29. The van der Waals surface area contributed by atoms with Gasteiger partial charge >= 0.3 is 0 Å². The lowest BCUT2D eigenvalue weighted by atomic mass is 9.94. The highest BCUT2D eigenvalue weighted by atomic mass is 19.1. The molecule has 10 heteroatoms. The van der Waals surface area contributed by atoms with Crippen molar-refractivity contribution in [1.82, 2.24) is 14.9 Å². The Kier molecular flexibility index (Phi) is 7.24. The van der Waals surface area contributed by atoms with E-state index in [9.17, 15) is 27.9 Å². The third-order valence-electron chi connectivity index (χ3n) is 6.48. The topological polar surface area (TPSA) is 110 Å². The van der Waals surface area contributed by atoms with Gasteiger partial charge in [0.2, 0.25) is 5.91 Å². The summed E-state index contributed by atoms with van der Waals surface area (Å²) >= 11 is 0. The Labute approximate surface area is 226 Å². The smallest absolute Gasteiger partial charge is 0.251 e. The number of phenols is 1. The highest BCUT2D eigenvalue weighted by molar-refractivity contribution is 5.94. The molecule has 40 heavy (non-hydrogen) atoms. The molecule has 0 aliphatic carbocycles. The van der Waals surface area contributed by atoms with Crippen molar-refractivity contribution in [2.24, 2.45) is 5.73 Å². The van der Waals surface area contributed by atoms with E-state index in [4.69, 9.17) is 5.73 Å². The molecule has 4 N–H and O–H groups in total. The van der Waals surface area contributed by atoms with Crippen LogP contribution in [0.4, 0.5) is 13.2 Å². The molecule has 0 fully saturated rings. The molecule has 0 unspecified atom stereocenters. The van der Waals surface area contributed by atoms with E-state index in [1.165, 1.54) is 24.4 Å². The van der Waals surface area contributed by atoms with Crippen molar-refractivity contribution < 1.29 is 27.9 Å². The van der Waals surface area contributed by atoms with Crippen LogP contribution in [0.25, 0.3) is 22.0 Å². The summed E-state index contributed by atoms with van der Waals surface area (Å²) in [6, 6.07) is 16.0. The first-order valence-electron chi connectivity index (χ1n) is 12.2. The lowest BCUT2D eigenvalue weighted by molar-refractivity contribution is -0.122. The molecule has 1 atom stereocenters. The number of aromatic hydroxyl groups is 1. The van der Waals surface area contributed by atoms with E-state index < -0.39 is 35.3 Å². The highest BCUT2D eigenvalue weighted by Gasteiger charge is 2.23. The highest BCUT2D eigenvalue weighted by Crippen LogP contribution is 2.30. The van der Waals surface area contributed by atoms with Crippen LogP contribution in [-0.2, 0) is 17.8 Å². The summed E-state index contributed by atoms with van der Waals surface area (Å²) < 4.78 is 43.9. The number of carbonyl (C=O) groups excluding carboxylic acids is 2. The van der Waals surface area contributed by atoms with Crippen LogP contribution >= 0.6 is 0 Å². The fourth-order valence-electron chi connectivity index (χ4n) is 4.71. The second-order valence-electron chi connectivity index (χ2n) is 9.28. The van der Waals surface area contributed by atoms with Gasteiger partial charge in [-0.3, -0.25) is 14.6 Å². The van der Waals surface area contributed by atoms with E-state index in [0.717, 1.165) is 29.7 Å². The van der Waals surface area contributed by atoms with Crippen LogP contribution in [0.3, 0.4) is 0 Å². The Bertz CT molecular complexity index is 1730. The van der Waals surface area contributed by atoms with E-state index in [1.807, 2.05) is 0 Å². The van der Waals surface area contributed by atoms with Gasteiger partial charge in [-0.2, -0.15) is 0 Å². The Morgan fingerprint density at radius 3 is 2.50 bits per heavy atom. The Morgan fingerprint density at radius 1 is 0.975 bits per heavy atom. The van der Waals surface area contributed by atoms with Gasteiger partial charge in [0.25, 0.3) is 5.91 Å². The average molecular weight is 545 g/mol. The summed E-state index contributed by atoms with van der Waals surface area (Å²) in [7, 11) is 0. The lowest BCUT2D eigenvalue weighted by Gasteiger charge is -2.22. The van der Waals surface area contributed by atoms with Gasteiger partial charge in [-0.05, 0) is 71.5 Å². The second-order valence-corrected chi connectivity index (χ2v) is 9.28. The van der Waals surface area contributed by atoms with E-state index in [-0.39, 0.29) is 29.8 Å². The van der Waals surface area contributed by atoms with Crippen LogP contribution in [0.5, 0.6) is 5.75 Å². The van der Waals surface area contributed by atoms with Crippen LogP contribution in [-0.4, -0.2) is 26.5 Å². The molecule has 3 aromatic carbocycles. The number of aromatic nitrogens is 2. The zero-order valence-electron chi connectivity index (χ0n) is 20.9. The van der Waals surface area contributed by atoms with Gasteiger partial charge in [-0.15, -0.1) is 0 Å². The fraction of sp³-hybridized carbons (Fsp3) is 0.100. The summed E-state index contributed by atoms with van der Waals surface area (Å²) in [4.78, 5) is 29.5. The zero-order chi connectivity index (χ0) is 28.4. The molecule has 0 spiro atoms. The van der Waals surface area contributed by atoms with Gasteiger partial charge in [0, 0.05) is 30.1 Å². The number of amides is 2. The number of nitrogens with two attached hydrogens (primary N) is 1. The van der Waals surface area contributed by atoms with Gasteiger partial charge in [0.05, 0.1) is 22.8 Å².